The summed E-state index contributed by atoms with van der Waals surface area (Å²) in [6.45, 7) is 4.48. The van der Waals surface area contributed by atoms with Crippen molar-refractivity contribution in [1.29, 1.82) is 0 Å². The number of carbonyl (C=O) groups is 3. The van der Waals surface area contributed by atoms with Crippen LogP contribution in [0.2, 0.25) is 5.02 Å². The van der Waals surface area contributed by atoms with E-state index in [0.29, 0.717) is 23.7 Å². The van der Waals surface area contributed by atoms with Crippen LogP contribution in [0.25, 0.3) is 0 Å². The Kier molecular flexibility index (Phi) is 6.20. The average Bonchev–Trinajstić information content (AvgIpc) is 2.95. The molecule has 1 aromatic rings. The lowest BCUT2D eigenvalue weighted by Crippen LogP contribution is -2.42. The molecular formula is C17H22ClN3O3. The van der Waals surface area contributed by atoms with Gasteiger partial charge in [0.15, 0.2) is 0 Å². The molecule has 7 heteroatoms. The number of hydrogen-bond donors (Lipinski definition) is 0. The largest absolute Gasteiger partial charge is 0.334 e. The summed E-state index contributed by atoms with van der Waals surface area (Å²) in [5.41, 5.74) is 0.703. The number of rotatable bonds is 6. The van der Waals surface area contributed by atoms with Crippen molar-refractivity contribution >= 4 is 35.0 Å². The highest BCUT2D eigenvalue weighted by atomic mass is 35.5. The molecule has 3 amide bonds. The molecule has 1 fully saturated rings. The molecule has 0 bridgehead atoms. The molecule has 0 unspecified atom stereocenters. The molecule has 130 valence electrons. The first kappa shape index (κ1) is 18.3. The third kappa shape index (κ3) is 4.26. The van der Waals surface area contributed by atoms with Crippen LogP contribution in [0.4, 0.5) is 5.69 Å². The highest BCUT2D eigenvalue weighted by molar-refractivity contribution is 6.30. The summed E-state index contributed by atoms with van der Waals surface area (Å²) in [6.07, 6.45) is 1.17. The minimum atomic E-state index is -0.217. The van der Waals surface area contributed by atoms with Gasteiger partial charge in [-0.05, 0) is 37.6 Å². The van der Waals surface area contributed by atoms with Gasteiger partial charge in [0, 0.05) is 23.7 Å². The molecular weight excluding hydrogens is 330 g/mol. The fraction of sp³-hybridized carbons (Fsp3) is 0.471. The third-order valence-electron chi connectivity index (χ3n) is 3.95. The lowest BCUT2D eigenvalue weighted by Gasteiger charge is -2.24. The monoisotopic (exact) mass is 351 g/mol. The van der Waals surface area contributed by atoms with E-state index < -0.39 is 0 Å². The maximum atomic E-state index is 12.4. The van der Waals surface area contributed by atoms with E-state index in [0.717, 1.165) is 6.42 Å². The van der Waals surface area contributed by atoms with Crippen molar-refractivity contribution in [2.75, 3.05) is 31.2 Å². The Morgan fingerprint density at radius 3 is 2.46 bits per heavy atom. The molecule has 0 atom stereocenters. The minimum absolute atomic E-state index is 0.0110. The minimum Gasteiger partial charge on any atom is -0.334 e. The van der Waals surface area contributed by atoms with Crippen LogP contribution in [0.15, 0.2) is 24.3 Å². The van der Waals surface area contributed by atoms with Crippen LogP contribution in [0, 0.1) is 0 Å². The summed E-state index contributed by atoms with van der Waals surface area (Å²) in [6, 6.07) is 6.91. The zero-order valence-electron chi connectivity index (χ0n) is 14.0. The van der Waals surface area contributed by atoms with Crippen LogP contribution in [-0.4, -0.2) is 53.8 Å². The summed E-state index contributed by atoms with van der Waals surface area (Å²) in [5.74, 6) is -0.395. The number of hydrogen-bond acceptors (Lipinski definition) is 3. The molecule has 1 saturated heterocycles. The first-order chi connectivity index (χ1) is 11.5. The molecule has 1 aromatic carbocycles. The van der Waals surface area contributed by atoms with Gasteiger partial charge in [-0.3, -0.25) is 19.3 Å². The van der Waals surface area contributed by atoms with Crippen LogP contribution in [0.1, 0.15) is 26.7 Å². The second-order valence-electron chi connectivity index (χ2n) is 5.69. The van der Waals surface area contributed by atoms with Gasteiger partial charge in [-0.25, -0.2) is 0 Å². The second-order valence-corrected chi connectivity index (χ2v) is 6.13. The topological polar surface area (TPSA) is 60.9 Å². The Bertz CT molecular complexity index is 618. The molecule has 0 aromatic heterocycles. The van der Waals surface area contributed by atoms with Gasteiger partial charge in [0.1, 0.15) is 13.2 Å². The maximum Gasteiger partial charge on any atom is 0.248 e. The van der Waals surface area contributed by atoms with E-state index in [-0.39, 0.29) is 37.5 Å². The van der Waals surface area contributed by atoms with E-state index in [4.69, 9.17) is 11.6 Å². The van der Waals surface area contributed by atoms with Crippen LogP contribution in [0.3, 0.4) is 0 Å². The van der Waals surface area contributed by atoms with Gasteiger partial charge in [-0.15, -0.1) is 0 Å². The predicted octanol–water partition coefficient (Wildman–Crippen LogP) is 2.12. The third-order valence-corrected chi connectivity index (χ3v) is 4.21. The van der Waals surface area contributed by atoms with Gasteiger partial charge < -0.3 is 9.80 Å². The van der Waals surface area contributed by atoms with Crippen molar-refractivity contribution in [3.63, 3.8) is 0 Å². The van der Waals surface area contributed by atoms with Crippen LogP contribution >= 0.6 is 11.6 Å². The highest BCUT2D eigenvalue weighted by Crippen LogP contribution is 2.21. The maximum absolute atomic E-state index is 12.4. The van der Waals surface area contributed by atoms with E-state index in [2.05, 4.69) is 0 Å². The Labute approximate surface area is 147 Å². The zero-order valence-corrected chi connectivity index (χ0v) is 14.8. The first-order valence-corrected chi connectivity index (χ1v) is 8.45. The van der Waals surface area contributed by atoms with Crippen molar-refractivity contribution in [1.82, 2.24) is 9.80 Å². The smallest absolute Gasteiger partial charge is 0.248 e. The summed E-state index contributed by atoms with van der Waals surface area (Å²) in [4.78, 5) is 41.1. The summed E-state index contributed by atoms with van der Waals surface area (Å²) < 4.78 is 0. The van der Waals surface area contributed by atoms with Crippen LogP contribution in [-0.2, 0) is 14.4 Å². The zero-order chi connectivity index (χ0) is 17.7. The van der Waals surface area contributed by atoms with E-state index in [9.17, 15) is 14.4 Å². The number of amides is 3. The molecule has 2 rings (SSSR count). The fourth-order valence-corrected chi connectivity index (χ4v) is 2.70. The molecule has 1 aliphatic heterocycles. The molecule has 1 aliphatic rings. The van der Waals surface area contributed by atoms with Crippen molar-refractivity contribution in [2.45, 2.75) is 26.7 Å². The van der Waals surface area contributed by atoms with Crippen molar-refractivity contribution in [2.24, 2.45) is 0 Å². The highest BCUT2D eigenvalue weighted by Gasteiger charge is 2.32. The standard InChI is InChI=1S/C17H22ClN3O3/c1-3-5-15(22)19(4-2)10-16(23)20-11-17(24)21(12-20)14-8-6-13(18)7-9-14/h6-9H,3-5,10-12H2,1-2H3. The number of halogens is 1. The van der Waals surface area contributed by atoms with Crippen molar-refractivity contribution < 1.29 is 14.4 Å². The Morgan fingerprint density at radius 2 is 1.88 bits per heavy atom. The second kappa shape index (κ2) is 8.15. The molecule has 6 nitrogen and oxygen atoms in total. The average molecular weight is 352 g/mol. The van der Waals surface area contributed by atoms with Crippen molar-refractivity contribution in [3.05, 3.63) is 29.3 Å². The molecule has 1 heterocycles. The number of benzene rings is 1. The summed E-state index contributed by atoms with van der Waals surface area (Å²) in [7, 11) is 0. The van der Waals surface area contributed by atoms with Gasteiger partial charge in [0.05, 0.1) is 6.54 Å². The Hall–Kier alpha value is -2.08. The number of anilines is 1. The lowest BCUT2D eigenvalue weighted by molar-refractivity contribution is -0.140. The molecule has 0 radical (unpaired) electrons. The van der Waals surface area contributed by atoms with E-state index >= 15 is 0 Å². The van der Waals surface area contributed by atoms with Gasteiger partial charge in [-0.1, -0.05) is 18.5 Å². The summed E-state index contributed by atoms with van der Waals surface area (Å²) in [5, 5.41) is 0.589. The van der Waals surface area contributed by atoms with Crippen molar-refractivity contribution in [3.8, 4) is 0 Å². The molecule has 24 heavy (non-hydrogen) atoms. The van der Waals surface area contributed by atoms with Gasteiger partial charge in [-0.2, -0.15) is 0 Å². The van der Waals surface area contributed by atoms with Gasteiger partial charge in [0.2, 0.25) is 17.7 Å². The Balaban J connectivity index is 2.00. The van der Waals surface area contributed by atoms with Gasteiger partial charge >= 0.3 is 0 Å². The lowest BCUT2D eigenvalue weighted by atomic mass is 10.3. The fourth-order valence-electron chi connectivity index (χ4n) is 2.57. The number of nitrogens with zero attached hydrogens (tertiary/aromatic N) is 3. The number of carbonyl (C=O) groups excluding carboxylic acids is 3. The normalized spacial score (nSPS) is 14.2. The van der Waals surface area contributed by atoms with Gasteiger partial charge in [0.25, 0.3) is 0 Å². The van der Waals surface area contributed by atoms with Crippen LogP contribution in [0.5, 0.6) is 0 Å². The van der Waals surface area contributed by atoms with E-state index in [1.54, 1.807) is 29.2 Å². The SMILES string of the molecule is CCCC(=O)N(CC)CC(=O)N1CC(=O)N(c2ccc(Cl)cc2)C1. The molecule has 0 saturated carbocycles. The Morgan fingerprint density at radius 1 is 1.21 bits per heavy atom. The van der Waals surface area contributed by atoms with E-state index in [1.165, 1.54) is 9.80 Å². The quantitative estimate of drug-likeness (QED) is 0.788. The molecule has 0 N–H and O–H groups in total. The number of likely N-dealkylation sites (N-methyl/N-ethyl adjacent to an activating group) is 1. The first-order valence-electron chi connectivity index (χ1n) is 8.07. The van der Waals surface area contributed by atoms with E-state index in [1.807, 2.05) is 13.8 Å². The van der Waals surface area contributed by atoms with Crippen LogP contribution < -0.4 is 4.90 Å². The molecule has 0 spiro atoms. The predicted molar refractivity (Wildman–Crippen MR) is 92.7 cm³/mol. The summed E-state index contributed by atoms with van der Waals surface area (Å²) >= 11 is 5.86. The molecule has 0 aliphatic carbocycles.